The molecule has 6 heteroatoms. The topological polar surface area (TPSA) is 62.7 Å². The lowest BCUT2D eigenvalue weighted by Crippen LogP contribution is -2.28. The van der Waals surface area contributed by atoms with E-state index in [1.807, 2.05) is 6.92 Å². The summed E-state index contributed by atoms with van der Waals surface area (Å²) >= 11 is 5.91. The molecule has 0 radical (unpaired) electrons. The highest BCUT2D eigenvalue weighted by molar-refractivity contribution is 6.28. The fourth-order valence-corrected chi connectivity index (χ4v) is 2.77. The van der Waals surface area contributed by atoms with Gasteiger partial charge < -0.3 is 10.6 Å². The molecule has 0 amide bonds. The predicted molar refractivity (Wildman–Crippen MR) is 78.7 cm³/mol. The van der Waals surface area contributed by atoms with E-state index < -0.39 is 0 Å². The van der Waals surface area contributed by atoms with Gasteiger partial charge in [0.15, 0.2) is 0 Å². The zero-order valence-electron chi connectivity index (χ0n) is 11.6. The summed E-state index contributed by atoms with van der Waals surface area (Å²) in [5, 5.41) is 6.65. The SMILES string of the molecule is CCNc1nc(Cl)nc(N[C@H](C)C2CCCCC2)n1. The Hall–Kier alpha value is -1.10. The molecule has 1 aromatic rings. The molecule has 106 valence electrons. The van der Waals surface area contributed by atoms with E-state index in [4.69, 9.17) is 11.6 Å². The lowest BCUT2D eigenvalue weighted by atomic mass is 9.85. The van der Waals surface area contributed by atoms with E-state index in [0.29, 0.717) is 23.9 Å². The number of halogens is 1. The first-order chi connectivity index (χ1) is 9.19. The molecule has 0 aliphatic heterocycles. The van der Waals surface area contributed by atoms with Crippen LogP contribution in [0.2, 0.25) is 5.28 Å². The van der Waals surface area contributed by atoms with Crippen LogP contribution < -0.4 is 10.6 Å². The zero-order valence-corrected chi connectivity index (χ0v) is 12.4. The number of anilines is 2. The Kier molecular flexibility index (Phi) is 5.19. The molecule has 5 nitrogen and oxygen atoms in total. The summed E-state index contributed by atoms with van der Waals surface area (Å²) in [6.45, 7) is 4.95. The number of rotatable bonds is 5. The average molecular weight is 284 g/mol. The average Bonchev–Trinajstić information content (AvgIpc) is 2.39. The monoisotopic (exact) mass is 283 g/mol. The Morgan fingerprint density at radius 3 is 2.53 bits per heavy atom. The van der Waals surface area contributed by atoms with Crippen LogP contribution in [0.4, 0.5) is 11.9 Å². The van der Waals surface area contributed by atoms with Crippen LogP contribution >= 0.6 is 11.6 Å². The Morgan fingerprint density at radius 1 is 1.16 bits per heavy atom. The molecular weight excluding hydrogens is 262 g/mol. The van der Waals surface area contributed by atoms with Crippen molar-refractivity contribution in [1.82, 2.24) is 15.0 Å². The third-order valence-electron chi connectivity index (χ3n) is 3.66. The van der Waals surface area contributed by atoms with Crippen molar-refractivity contribution in [1.29, 1.82) is 0 Å². The molecular formula is C13H22ClN5. The van der Waals surface area contributed by atoms with Gasteiger partial charge in [0.05, 0.1) is 0 Å². The molecule has 1 aromatic heterocycles. The van der Waals surface area contributed by atoms with E-state index in [-0.39, 0.29) is 5.28 Å². The molecule has 19 heavy (non-hydrogen) atoms. The molecule has 0 aromatic carbocycles. The largest absolute Gasteiger partial charge is 0.354 e. The predicted octanol–water partition coefficient (Wildman–Crippen LogP) is 3.34. The lowest BCUT2D eigenvalue weighted by molar-refractivity contribution is 0.327. The van der Waals surface area contributed by atoms with Gasteiger partial charge >= 0.3 is 0 Å². The molecule has 1 saturated carbocycles. The molecule has 0 unspecified atom stereocenters. The van der Waals surface area contributed by atoms with Crippen molar-refractivity contribution >= 4 is 23.5 Å². The zero-order chi connectivity index (χ0) is 13.7. The van der Waals surface area contributed by atoms with Crippen molar-refractivity contribution in [3.63, 3.8) is 0 Å². The summed E-state index contributed by atoms with van der Waals surface area (Å²) < 4.78 is 0. The lowest BCUT2D eigenvalue weighted by Gasteiger charge is -2.28. The highest BCUT2D eigenvalue weighted by atomic mass is 35.5. The Morgan fingerprint density at radius 2 is 1.84 bits per heavy atom. The number of hydrogen-bond donors (Lipinski definition) is 2. The third-order valence-corrected chi connectivity index (χ3v) is 3.83. The van der Waals surface area contributed by atoms with Gasteiger partial charge in [-0.25, -0.2) is 0 Å². The maximum atomic E-state index is 5.91. The molecule has 0 saturated heterocycles. The van der Waals surface area contributed by atoms with Gasteiger partial charge in [-0.3, -0.25) is 0 Å². The fraction of sp³-hybridized carbons (Fsp3) is 0.769. The highest BCUT2D eigenvalue weighted by Crippen LogP contribution is 2.27. The molecule has 0 bridgehead atoms. The van der Waals surface area contributed by atoms with E-state index in [1.54, 1.807) is 0 Å². The van der Waals surface area contributed by atoms with Crippen molar-refractivity contribution in [2.45, 2.75) is 52.0 Å². The maximum Gasteiger partial charge on any atom is 0.229 e. The smallest absolute Gasteiger partial charge is 0.229 e. The first kappa shape index (κ1) is 14.3. The molecule has 2 rings (SSSR count). The first-order valence-corrected chi connectivity index (χ1v) is 7.49. The van der Waals surface area contributed by atoms with Crippen molar-refractivity contribution in [3.8, 4) is 0 Å². The molecule has 1 aliphatic carbocycles. The van der Waals surface area contributed by atoms with Crippen LogP contribution in [-0.2, 0) is 0 Å². The number of aromatic nitrogens is 3. The van der Waals surface area contributed by atoms with E-state index in [0.717, 1.165) is 6.54 Å². The van der Waals surface area contributed by atoms with Gasteiger partial charge in [0, 0.05) is 12.6 Å². The third kappa shape index (κ3) is 4.20. The fourth-order valence-electron chi connectivity index (χ4n) is 2.61. The summed E-state index contributed by atoms with van der Waals surface area (Å²) in [5.41, 5.74) is 0. The van der Waals surface area contributed by atoms with Crippen molar-refractivity contribution in [3.05, 3.63) is 5.28 Å². The van der Waals surface area contributed by atoms with Crippen LogP contribution in [0.5, 0.6) is 0 Å². The highest BCUT2D eigenvalue weighted by Gasteiger charge is 2.20. The van der Waals surface area contributed by atoms with Crippen LogP contribution in [0.1, 0.15) is 46.0 Å². The Labute approximate surface area is 119 Å². The van der Waals surface area contributed by atoms with Gasteiger partial charge in [-0.05, 0) is 44.2 Å². The molecule has 1 atom stereocenters. The number of hydrogen-bond acceptors (Lipinski definition) is 5. The minimum absolute atomic E-state index is 0.226. The normalized spacial score (nSPS) is 18.1. The van der Waals surface area contributed by atoms with E-state index in [9.17, 15) is 0 Å². The summed E-state index contributed by atoms with van der Waals surface area (Å²) in [6, 6.07) is 0.369. The standard InChI is InChI=1S/C13H22ClN5/c1-3-15-12-17-11(14)18-13(19-12)16-9(2)10-7-5-4-6-8-10/h9-10H,3-8H2,1-2H3,(H2,15,16,17,18,19)/t9-/m1/s1. The molecule has 1 heterocycles. The van der Waals surface area contributed by atoms with Gasteiger partial charge in [-0.1, -0.05) is 19.3 Å². The van der Waals surface area contributed by atoms with Gasteiger partial charge in [0.1, 0.15) is 0 Å². The minimum Gasteiger partial charge on any atom is -0.354 e. The van der Waals surface area contributed by atoms with E-state index in [2.05, 4.69) is 32.5 Å². The van der Waals surface area contributed by atoms with Crippen LogP contribution in [0, 0.1) is 5.92 Å². The molecule has 1 aliphatic rings. The van der Waals surface area contributed by atoms with E-state index in [1.165, 1.54) is 32.1 Å². The van der Waals surface area contributed by atoms with Gasteiger partial charge in [0.25, 0.3) is 0 Å². The van der Waals surface area contributed by atoms with Gasteiger partial charge in [0.2, 0.25) is 17.2 Å². The van der Waals surface area contributed by atoms with Gasteiger partial charge in [-0.15, -0.1) is 0 Å². The summed E-state index contributed by atoms with van der Waals surface area (Å²) in [6.07, 6.45) is 6.60. The van der Waals surface area contributed by atoms with Crippen molar-refractivity contribution in [2.75, 3.05) is 17.2 Å². The maximum absolute atomic E-state index is 5.91. The first-order valence-electron chi connectivity index (χ1n) is 7.11. The second kappa shape index (κ2) is 6.89. The second-order valence-corrected chi connectivity index (χ2v) is 5.45. The van der Waals surface area contributed by atoms with Crippen molar-refractivity contribution < 1.29 is 0 Å². The Balaban J connectivity index is 2.00. The Bertz CT molecular complexity index is 406. The molecule has 1 fully saturated rings. The molecule has 2 N–H and O–H groups in total. The van der Waals surface area contributed by atoms with Crippen LogP contribution in [0.25, 0.3) is 0 Å². The minimum atomic E-state index is 0.226. The van der Waals surface area contributed by atoms with Gasteiger partial charge in [-0.2, -0.15) is 15.0 Å². The summed E-state index contributed by atoms with van der Waals surface area (Å²) in [4.78, 5) is 12.5. The number of nitrogens with zero attached hydrogens (tertiary/aromatic N) is 3. The van der Waals surface area contributed by atoms with Crippen LogP contribution in [0.15, 0.2) is 0 Å². The quantitative estimate of drug-likeness (QED) is 0.868. The number of nitrogens with one attached hydrogen (secondary N) is 2. The summed E-state index contributed by atoms with van der Waals surface area (Å²) in [7, 11) is 0. The van der Waals surface area contributed by atoms with Crippen LogP contribution in [-0.4, -0.2) is 27.5 Å². The van der Waals surface area contributed by atoms with Crippen LogP contribution in [0.3, 0.4) is 0 Å². The van der Waals surface area contributed by atoms with Crippen molar-refractivity contribution in [2.24, 2.45) is 5.92 Å². The second-order valence-electron chi connectivity index (χ2n) is 5.11. The molecule has 0 spiro atoms. The van der Waals surface area contributed by atoms with E-state index >= 15 is 0 Å². The summed E-state index contributed by atoms with van der Waals surface area (Å²) in [5.74, 6) is 1.79.